The van der Waals surface area contributed by atoms with Crippen molar-refractivity contribution in [2.24, 2.45) is 0 Å². The third kappa shape index (κ3) is 4.62. The first-order valence-corrected chi connectivity index (χ1v) is 23.0. The van der Waals surface area contributed by atoms with Crippen molar-refractivity contribution in [1.29, 1.82) is 0 Å². The van der Waals surface area contributed by atoms with Crippen molar-refractivity contribution >= 4 is 114 Å². The molecule has 308 valence electrons. The van der Waals surface area contributed by atoms with E-state index >= 15 is 0 Å². The van der Waals surface area contributed by atoms with Crippen molar-refractivity contribution in [1.82, 2.24) is 23.5 Å². The van der Waals surface area contributed by atoms with Crippen LogP contribution in [-0.2, 0) is 0 Å². The van der Waals surface area contributed by atoms with Gasteiger partial charge in [-0.3, -0.25) is 0 Å². The second kappa shape index (κ2) is 12.8. The van der Waals surface area contributed by atoms with Gasteiger partial charge in [-0.05, 0) is 112 Å². The molecule has 0 saturated carbocycles. The molecule has 0 aliphatic heterocycles. The largest absolute Gasteiger partial charge is 0.309 e. The van der Waals surface area contributed by atoms with Crippen LogP contribution in [0.4, 0.5) is 0 Å². The molecule has 0 radical (unpaired) electrons. The normalized spacial score (nSPS) is 12.5. The molecule has 5 heteroatoms. The van der Waals surface area contributed by atoms with E-state index in [2.05, 4.69) is 226 Å². The average molecular weight is 850 g/mol. The van der Waals surface area contributed by atoms with Crippen LogP contribution in [0, 0.1) is 0 Å². The van der Waals surface area contributed by atoms with Crippen molar-refractivity contribution in [3.63, 3.8) is 0 Å². The van der Waals surface area contributed by atoms with Gasteiger partial charge in [-0.15, -0.1) is 0 Å². The summed E-state index contributed by atoms with van der Waals surface area (Å²) in [5.74, 6) is 0.703. The van der Waals surface area contributed by atoms with Crippen molar-refractivity contribution in [3.05, 3.63) is 212 Å². The van der Waals surface area contributed by atoms with Gasteiger partial charge in [0.2, 0.25) is 0 Å². The molecule has 16 rings (SSSR count). The lowest BCUT2D eigenvalue weighted by Crippen LogP contribution is -1.98. The topological polar surface area (TPSA) is 40.0 Å². The summed E-state index contributed by atoms with van der Waals surface area (Å²) in [5.41, 5.74) is 14.6. The van der Waals surface area contributed by atoms with Gasteiger partial charge < -0.3 is 13.5 Å². The Morgan fingerprint density at radius 3 is 1.67 bits per heavy atom. The molecule has 0 fully saturated rings. The minimum Gasteiger partial charge on any atom is -0.309 e. The van der Waals surface area contributed by atoms with E-state index in [-0.39, 0.29) is 0 Å². The maximum Gasteiger partial charge on any atom is 0.160 e. The van der Waals surface area contributed by atoms with Crippen LogP contribution in [0.25, 0.3) is 148 Å². The van der Waals surface area contributed by atoms with Crippen LogP contribution >= 0.6 is 0 Å². The highest BCUT2D eigenvalue weighted by atomic mass is 15.0. The van der Waals surface area contributed by atoms with Gasteiger partial charge in [0.1, 0.15) is 0 Å². The second-order valence-electron chi connectivity index (χ2n) is 18.1. The zero-order valence-electron chi connectivity index (χ0n) is 35.9. The predicted molar refractivity (Wildman–Crippen MR) is 280 cm³/mol. The molecule has 0 saturated heterocycles. The quantitative estimate of drug-likeness (QED) is 0.166. The third-order valence-corrected chi connectivity index (χ3v) is 14.7. The number of hydrogen-bond donors (Lipinski definition) is 0. The number of fused-ring (bicyclic) bond motifs is 10. The zero-order valence-corrected chi connectivity index (χ0v) is 35.9. The van der Waals surface area contributed by atoms with Crippen LogP contribution in [0.5, 0.6) is 0 Å². The fourth-order valence-corrected chi connectivity index (χ4v) is 11.9. The summed E-state index contributed by atoms with van der Waals surface area (Å²) in [5, 5.41) is 15.9. The molecule has 0 spiro atoms. The summed E-state index contributed by atoms with van der Waals surface area (Å²) < 4.78 is 7.45. The Morgan fingerprint density at radius 2 is 0.851 bits per heavy atom. The maximum atomic E-state index is 5.45. The van der Waals surface area contributed by atoms with Gasteiger partial charge in [0, 0.05) is 65.6 Å². The highest BCUT2D eigenvalue weighted by Crippen LogP contribution is 2.49. The predicted octanol–water partition coefficient (Wildman–Crippen LogP) is 16.1. The van der Waals surface area contributed by atoms with Crippen LogP contribution in [0.3, 0.4) is 0 Å². The van der Waals surface area contributed by atoms with Gasteiger partial charge in [0.25, 0.3) is 0 Å². The van der Waals surface area contributed by atoms with Gasteiger partial charge in [0.05, 0.1) is 49.8 Å². The molecular formula is C62H35N5. The Labute approximate surface area is 382 Å². The van der Waals surface area contributed by atoms with Gasteiger partial charge in [-0.1, -0.05) is 127 Å². The van der Waals surface area contributed by atoms with Crippen LogP contribution < -0.4 is 0 Å². The molecule has 0 unspecified atom stereocenters. The van der Waals surface area contributed by atoms with E-state index in [4.69, 9.17) is 9.97 Å². The number of para-hydroxylation sites is 2. The monoisotopic (exact) mass is 849 g/mol. The first-order chi connectivity index (χ1) is 33.2. The Kier molecular flexibility index (Phi) is 6.75. The molecule has 0 atom stereocenters. The summed E-state index contributed by atoms with van der Waals surface area (Å²) in [6.45, 7) is 0. The van der Waals surface area contributed by atoms with Crippen molar-refractivity contribution in [2.75, 3.05) is 0 Å². The molecule has 16 aromatic rings. The number of aromatic nitrogens is 5. The van der Waals surface area contributed by atoms with Crippen LogP contribution in [-0.4, -0.2) is 23.5 Å². The smallest absolute Gasteiger partial charge is 0.160 e. The molecular weight excluding hydrogens is 815 g/mol. The van der Waals surface area contributed by atoms with E-state index in [1.54, 1.807) is 0 Å². The number of nitrogens with zero attached hydrogens (tertiary/aromatic N) is 5. The summed E-state index contributed by atoms with van der Waals surface area (Å²) in [7, 11) is 0. The fourth-order valence-electron chi connectivity index (χ4n) is 11.9. The minimum absolute atomic E-state index is 0.703. The van der Waals surface area contributed by atoms with Crippen LogP contribution in [0.2, 0.25) is 0 Å². The Balaban J connectivity index is 0.948. The van der Waals surface area contributed by atoms with Gasteiger partial charge >= 0.3 is 0 Å². The first-order valence-electron chi connectivity index (χ1n) is 23.0. The molecule has 5 aromatic heterocycles. The molecule has 67 heavy (non-hydrogen) atoms. The summed E-state index contributed by atoms with van der Waals surface area (Å²) in [6, 6.07) is 77.5. The molecule has 0 bridgehead atoms. The fraction of sp³-hybridized carbons (Fsp3) is 0. The number of rotatable bonds is 4. The molecule has 11 aromatic carbocycles. The zero-order chi connectivity index (χ0) is 43.5. The Hall–Kier alpha value is -9.06. The second-order valence-corrected chi connectivity index (χ2v) is 18.1. The van der Waals surface area contributed by atoms with E-state index < -0.39 is 0 Å². The number of benzene rings is 11. The molecule has 5 nitrogen and oxygen atoms in total. The Bertz CT molecular complexity index is 4720. The van der Waals surface area contributed by atoms with Crippen molar-refractivity contribution in [3.8, 4) is 34.0 Å². The average Bonchev–Trinajstić information content (AvgIpc) is 4.01. The highest BCUT2D eigenvalue weighted by molar-refractivity contribution is 6.38. The standard InChI is InChI=1S/C62H35N5/c1-2-13-41(14-3-1)65-50-19-10-20-51-55(50)56-52(65)33-34-53-57(56)58-54(32-31-46-45-17-8-9-18-49(45)67(51)61(46)58)66(53)42-28-25-39(26-29-42)62-63-59(47-30-27-37-12-5-7-16-44(37)60(47)64-62)40-24-23-38-22-21-36-11-4-6-15-43(36)48(38)35-40/h1-35H. The van der Waals surface area contributed by atoms with E-state index in [1.807, 2.05) is 0 Å². The molecule has 0 amide bonds. The van der Waals surface area contributed by atoms with Crippen LogP contribution in [0.1, 0.15) is 0 Å². The molecule has 5 heterocycles. The van der Waals surface area contributed by atoms with E-state index in [1.165, 1.54) is 92.5 Å². The SMILES string of the molecule is c1ccc(-n2c3ccc4c5c3c3c2cccc3n2c3ccccc3c3ccc(c5c32)n4-c2ccc(-c3nc(-c4ccc5ccc6ccccc6c5c4)c4ccc5ccccc5c4n3)cc2)cc1. The number of hydrogen-bond acceptors (Lipinski definition) is 2. The van der Waals surface area contributed by atoms with E-state index in [0.29, 0.717) is 5.82 Å². The van der Waals surface area contributed by atoms with E-state index in [0.717, 1.165) is 49.9 Å². The lowest BCUT2D eigenvalue weighted by molar-refractivity contribution is 1.17. The first kappa shape index (κ1) is 35.3. The molecule has 0 aliphatic carbocycles. The summed E-state index contributed by atoms with van der Waals surface area (Å²) in [4.78, 5) is 10.8. The minimum atomic E-state index is 0.703. The van der Waals surface area contributed by atoms with Gasteiger partial charge in [-0.2, -0.15) is 0 Å². The molecule has 0 aliphatic rings. The Morgan fingerprint density at radius 1 is 0.299 bits per heavy atom. The highest BCUT2D eigenvalue weighted by Gasteiger charge is 2.27. The van der Waals surface area contributed by atoms with Crippen molar-refractivity contribution in [2.45, 2.75) is 0 Å². The lowest BCUT2D eigenvalue weighted by Gasteiger charge is -2.13. The third-order valence-electron chi connectivity index (χ3n) is 14.7. The summed E-state index contributed by atoms with van der Waals surface area (Å²) in [6.07, 6.45) is 0. The van der Waals surface area contributed by atoms with Crippen molar-refractivity contribution < 1.29 is 0 Å². The van der Waals surface area contributed by atoms with Gasteiger partial charge in [0.15, 0.2) is 5.82 Å². The lowest BCUT2D eigenvalue weighted by atomic mass is 9.96. The van der Waals surface area contributed by atoms with Gasteiger partial charge in [-0.25, -0.2) is 9.97 Å². The summed E-state index contributed by atoms with van der Waals surface area (Å²) >= 11 is 0. The van der Waals surface area contributed by atoms with Crippen LogP contribution in [0.15, 0.2) is 212 Å². The van der Waals surface area contributed by atoms with E-state index in [9.17, 15) is 0 Å². The molecule has 0 N–H and O–H groups in total. The maximum absolute atomic E-state index is 5.45.